The van der Waals surface area contributed by atoms with Crippen LogP contribution in [0.4, 0.5) is 0 Å². The van der Waals surface area contributed by atoms with Gasteiger partial charge in [0.25, 0.3) is 10.2 Å². The second-order valence-electron chi connectivity index (χ2n) is 6.43. The molecule has 3 aliphatic rings. The average Bonchev–Trinajstić information content (AvgIpc) is 2.57. The second-order valence-corrected chi connectivity index (χ2v) is 8.36. The summed E-state index contributed by atoms with van der Waals surface area (Å²) in [6, 6.07) is 0. The van der Waals surface area contributed by atoms with Crippen molar-refractivity contribution in [2.45, 2.75) is 12.8 Å². The summed E-state index contributed by atoms with van der Waals surface area (Å²) in [7, 11) is -3.29. The van der Waals surface area contributed by atoms with E-state index in [1.165, 1.54) is 12.8 Å². The van der Waals surface area contributed by atoms with Crippen molar-refractivity contribution in [3.05, 3.63) is 0 Å². The molecule has 0 amide bonds. The van der Waals surface area contributed by atoms with Crippen molar-refractivity contribution in [3.63, 3.8) is 0 Å². The molecule has 0 aliphatic carbocycles. The zero-order chi connectivity index (χ0) is 15.4. The third-order valence-electron chi connectivity index (χ3n) is 4.87. The van der Waals surface area contributed by atoms with Gasteiger partial charge in [-0.3, -0.25) is 0 Å². The predicted molar refractivity (Wildman–Crippen MR) is 92.2 cm³/mol. The monoisotopic (exact) mass is 368 g/mol. The van der Waals surface area contributed by atoms with E-state index < -0.39 is 10.2 Å². The molecule has 3 aliphatic heterocycles. The number of nitrogens with one attached hydrogen (secondary N) is 1. The van der Waals surface area contributed by atoms with Crippen LogP contribution in [0.3, 0.4) is 0 Å². The van der Waals surface area contributed by atoms with Crippen molar-refractivity contribution >= 4 is 22.6 Å². The number of piperidine rings is 1. The van der Waals surface area contributed by atoms with Gasteiger partial charge in [0, 0.05) is 45.8 Å². The summed E-state index contributed by atoms with van der Waals surface area (Å²) in [5, 5.41) is 3.45. The minimum atomic E-state index is -3.29. The van der Waals surface area contributed by atoms with E-state index in [0.29, 0.717) is 39.4 Å². The largest absolute Gasteiger partial charge is 0.379 e. The van der Waals surface area contributed by atoms with E-state index in [0.717, 1.165) is 38.6 Å². The zero-order valence-corrected chi connectivity index (χ0v) is 15.3. The third kappa shape index (κ3) is 5.01. The first kappa shape index (κ1) is 19.4. The summed E-state index contributed by atoms with van der Waals surface area (Å²) in [4.78, 5) is 2.42. The van der Waals surface area contributed by atoms with E-state index in [1.54, 1.807) is 8.61 Å². The van der Waals surface area contributed by atoms with E-state index in [1.807, 2.05) is 0 Å². The van der Waals surface area contributed by atoms with E-state index in [-0.39, 0.29) is 12.4 Å². The molecule has 1 N–H and O–H groups in total. The second kappa shape index (κ2) is 8.94. The molecular formula is C14H29ClN4O3S. The Morgan fingerprint density at radius 1 is 1.00 bits per heavy atom. The Kier molecular flexibility index (Phi) is 7.53. The predicted octanol–water partition coefficient (Wildman–Crippen LogP) is -0.398. The number of hydrogen-bond acceptors (Lipinski definition) is 5. The van der Waals surface area contributed by atoms with Crippen LogP contribution in [0.5, 0.6) is 0 Å². The van der Waals surface area contributed by atoms with E-state index in [9.17, 15) is 8.42 Å². The van der Waals surface area contributed by atoms with Crippen LogP contribution in [0.1, 0.15) is 12.8 Å². The number of nitrogens with zero attached hydrogens (tertiary/aromatic N) is 3. The highest BCUT2D eigenvalue weighted by atomic mass is 35.5. The Hall–Kier alpha value is 0.0400. The maximum Gasteiger partial charge on any atom is 0.282 e. The van der Waals surface area contributed by atoms with Crippen molar-refractivity contribution in [2.24, 2.45) is 5.92 Å². The fourth-order valence-electron chi connectivity index (χ4n) is 3.53. The summed E-state index contributed by atoms with van der Waals surface area (Å²) in [5.74, 6) is 0.719. The van der Waals surface area contributed by atoms with Crippen molar-refractivity contribution < 1.29 is 13.2 Å². The van der Waals surface area contributed by atoms with Crippen LogP contribution in [-0.2, 0) is 14.9 Å². The van der Waals surface area contributed by atoms with E-state index in [4.69, 9.17) is 4.74 Å². The lowest BCUT2D eigenvalue weighted by Crippen LogP contribution is -2.55. The van der Waals surface area contributed by atoms with Crippen molar-refractivity contribution in [2.75, 3.05) is 72.1 Å². The first-order valence-electron chi connectivity index (χ1n) is 8.42. The SMILES string of the molecule is Cl.O=S(=O)(N1CCOCC1)N1CCN(CC2CCCNC2)CC1. The van der Waals surface area contributed by atoms with Gasteiger partial charge in [0.15, 0.2) is 0 Å². The normalized spacial score (nSPS) is 29.1. The fourth-order valence-corrected chi connectivity index (χ4v) is 5.09. The lowest BCUT2D eigenvalue weighted by Gasteiger charge is -2.39. The van der Waals surface area contributed by atoms with E-state index in [2.05, 4.69) is 10.2 Å². The molecule has 0 aromatic carbocycles. The van der Waals surface area contributed by atoms with Crippen LogP contribution in [0, 0.1) is 5.92 Å². The first-order valence-corrected chi connectivity index (χ1v) is 9.82. The number of hydrogen-bond donors (Lipinski definition) is 1. The van der Waals surface area contributed by atoms with Gasteiger partial charge in [0.2, 0.25) is 0 Å². The molecule has 1 atom stereocenters. The Bertz CT molecular complexity index is 445. The Morgan fingerprint density at radius 2 is 1.65 bits per heavy atom. The molecule has 136 valence electrons. The zero-order valence-electron chi connectivity index (χ0n) is 13.7. The molecule has 0 radical (unpaired) electrons. The van der Waals surface area contributed by atoms with Crippen molar-refractivity contribution in [1.82, 2.24) is 18.8 Å². The van der Waals surface area contributed by atoms with Gasteiger partial charge in [-0.25, -0.2) is 0 Å². The Labute approximate surface area is 145 Å². The van der Waals surface area contributed by atoms with Crippen LogP contribution >= 0.6 is 12.4 Å². The summed E-state index contributed by atoms with van der Waals surface area (Å²) in [6.07, 6.45) is 2.55. The molecule has 3 fully saturated rings. The van der Waals surface area contributed by atoms with Gasteiger partial charge in [0.05, 0.1) is 13.2 Å². The van der Waals surface area contributed by atoms with Gasteiger partial charge >= 0.3 is 0 Å². The Balaban J connectivity index is 0.00000192. The Morgan fingerprint density at radius 3 is 2.26 bits per heavy atom. The molecule has 0 spiro atoms. The number of piperazine rings is 1. The van der Waals surface area contributed by atoms with Gasteiger partial charge in [-0.05, 0) is 31.8 Å². The van der Waals surface area contributed by atoms with Crippen molar-refractivity contribution in [3.8, 4) is 0 Å². The minimum absolute atomic E-state index is 0. The molecule has 9 heteroatoms. The highest BCUT2D eigenvalue weighted by molar-refractivity contribution is 7.86. The molecule has 0 aromatic heterocycles. The number of morpholine rings is 1. The summed E-state index contributed by atoms with van der Waals surface area (Å²) in [5.41, 5.74) is 0. The molecule has 3 saturated heterocycles. The molecule has 0 aromatic rings. The quantitative estimate of drug-likeness (QED) is 0.731. The minimum Gasteiger partial charge on any atom is -0.379 e. The van der Waals surface area contributed by atoms with Gasteiger partial charge in [0.1, 0.15) is 0 Å². The third-order valence-corrected chi connectivity index (χ3v) is 6.90. The average molecular weight is 369 g/mol. The van der Waals surface area contributed by atoms with E-state index >= 15 is 0 Å². The highest BCUT2D eigenvalue weighted by Gasteiger charge is 2.33. The first-order chi connectivity index (χ1) is 10.7. The topological polar surface area (TPSA) is 65.1 Å². The lowest BCUT2D eigenvalue weighted by molar-refractivity contribution is 0.0680. The van der Waals surface area contributed by atoms with Crippen LogP contribution in [0.25, 0.3) is 0 Å². The van der Waals surface area contributed by atoms with Crippen molar-refractivity contribution in [1.29, 1.82) is 0 Å². The van der Waals surface area contributed by atoms with Gasteiger partial charge in [-0.15, -0.1) is 12.4 Å². The van der Waals surface area contributed by atoms with Gasteiger partial charge in [-0.1, -0.05) is 0 Å². The maximum absolute atomic E-state index is 12.6. The molecule has 1 unspecified atom stereocenters. The number of rotatable bonds is 4. The van der Waals surface area contributed by atoms with Crippen LogP contribution in [0.15, 0.2) is 0 Å². The van der Waals surface area contributed by atoms with Crippen LogP contribution in [0.2, 0.25) is 0 Å². The lowest BCUT2D eigenvalue weighted by atomic mass is 9.99. The number of ether oxygens (including phenoxy) is 1. The van der Waals surface area contributed by atoms with Crippen LogP contribution < -0.4 is 5.32 Å². The summed E-state index contributed by atoms with van der Waals surface area (Å²) >= 11 is 0. The van der Waals surface area contributed by atoms with Crippen LogP contribution in [-0.4, -0.2) is 94.0 Å². The molecule has 3 heterocycles. The van der Waals surface area contributed by atoms with Gasteiger partial charge in [-0.2, -0.15) is 17.0 Å². The molecule has 3 rings (SSSR count). The summed E-state index contributed by atoms with van der Waals surface area (Å²) < 4.78 is 33.7. The summed E-state index contributed by atoms with van der Waals surface area (Å²) in [6.45, 7) is 8.24. The molecular weight excluding hydrogens is 340 g/mol. The number of halogens is 1. The molecule has 23 heavy (non-hydrogen) atoms. The smallest absolute Gasteiger partial charge is 0.282 e. The highest BCUT2D eigenvalue weighted by Crippen LogP contribution is 2.16. The standard InChI is InChI=1S/C14H28N4O3S.ClH/c19-22(20,18-8-10-21-11-9-18)17-6-4-16(5-7-17)13-14-2-1-3-15-12-14;/h14-15H,1-13H2;1H. The maximum atomic E-state index is 12.6. The molecule has 0 bridgehead atoms. The van der Waals surface area contributed by atoms with Gasteiger partial charge < -0.3 is 15.0 Å². The fraction of sp³-hybridized carbons (Fsp3) is 1.00. The molecule has 0 saturated carbocycles. The molecule has 7 nitrogen and oxygen atoms in total.